The van der Waals surface area contributed by atoms with Gasteiger partial charge in [0.1, 0.15) is 5.76 Å². The van der Waals surface area contributed by atoms with Gasteiger partial charge < -0.3 is 4.42 Å². The molecule has 7 nitrogen and oxygen atoms in total. The van der Waals surface area contributed by atoms with E-state index in [0.29, 0.717) is 10.9 Å². The molecule has 124 valence electrons. The molecule has 0 aliphatic carbocycles. The molecule has 0 radical (unpaired) electrons. The van der Waals surface area contributed by atoms with Crippen LogP contribution in [0.2, 0.25) is 0 Å². The summed E-state index contributed by atoms with van der Waals surface area (Å²) < 4.78 is 5.20. The molecule has 1 aliphatic rings. The Kier molecular flexibility index (Phi) is 3.66. The van der Waals surface area contributed by atoms with Crippen LogP contribution in [0, 0.1) is 0 Å². The first-order chi connectivity index (χ1) is 12.1. The van der Waals surface area contributed by atoms with E-state index in [1.165, 1.54) is 35.8 Å². The molecule has 0 bridgehead atoms. The number of benzene rings is 1. The van der Waals surface area contributed by atoms with Crippen LogP contribution in [-0.4, -0.2) is 27.6 Å². The summed E-state index contributed by atoms with van der Waals surface area (Å²) in [5.41, 5.74) is 0.778. The van der Waals surface area contributed by atoms with Crippen LogP contribution in [0.15, 0.2) is 52.6 Å². The zero-order valence-electron chi connectivity index (χ0n) is 12.8. The molecular weight excluding hydrogens is 342 g/mol. The number of anilines is 1. The molecule has 0 saturated carbocycles. The van der Waals surface area contributed by atoms with Gasteiger partial charge in [0.15, 0.2) is 5.13 Å². The lowest BCUT2D eigenvalue weighted by atomic mass is 10.1. The molecule has 4 rings (SSSR count). The maximum atomic E-state index is 12.5. The summed E-state index contributed by atoms with van der Waals surface area (Å²) in [6.07, 6.45) is 3.06. The van der Waals surface area contributed by atoms with Gasteiger partial charge in [0.05, 0.1) is 23.9 Å². The summed E-state index contributed by atoms with van der Waals surface area (Å²) in [6.45, 7) is 0.0555. The Morgan fingerprint density at radius 2 is 2.04 bits per heavy atom. The highest BCUT2D eigenvalue weighted by atomic mass is 32.1. The van der Waals surface area contributed by atoms with Gasteiger partial charge in [-0.15, -0.1) is 11.3 Å². The van der Waals surface area contributed by atoms with Gasteiger partial charge in [-0.05, 0) is 30.3 Å². The van der Waals surface area contributed by atoms with Gasteiger partial charge in [-0.3, -0.25) is 24.6 Å². The lowest BCUT2D eigenvalue weighted by Gasteiger charge is -2.11. The quantitative estimate of drug-likeness (QED) is 0.728. The van der Waals surface area contributed by atoms with E-state index in [-0.39, 0.29) is 29.1 Å². The number of rotatable bonds is 4. The number of hydrogen-bond donors (Lipinski definition) is 1. The molecule has 2 aromatic heterocycles. The molecule has 1 N–H and O–H groups in total. The first-order valence-electron chi connectivity index (χ1n) is 7.37. The van der Waals surface area contributed by atoms with Crippen LogP contribution in [0.4, 0.5) is 5.13 Å². The van der Waals surface area contributed by atoms with Crippen molar-refractivity contribution in [3.63, 3.8) is 0 Å². The molecule has 3 aromatic rings. The van der Waals surface area contributed by atoms with Crippen molar-refractivity contribution >= 4 is 34.2 Å². The highest BCUT2D eigenvalue weighted by Crippen LogP contribution is 2.26. The van der Waals surface area contributed by atoms with Crippen LogP contribution in [0.25, 0.3) is 0 Å². The van der Waals surface area contributed by atoms with Gasteiger partial charge in [-0.1, -0.05) is 0 Å². The molecule has 1 aliphatic heterocycles. The maximum Gasteiger partial charge on any atom is 0.261 e. The number of fused-ring (bicyclic) bond motifs is 1. The molecule has 0 saturated heterocycles. The molecule has 0 fully saturated rings. The van der Waals surface area contributed by atoms with Crippen LogP contribution < -0.4 is 5.32 Å². The Morgan fingerprint density at radius 1 is 1.20 bits per heavy atom. The summed E-state index contributed by atoms with van der Waals surface area (Å²) in [5.74, 6) is -0.720. The average molecular weight is 353 g/mol. The van der Waals surface area contributed by atoms with Gasteiger partial charge >= 0.3 is 0 Å². The molecule has 0 unspecified atom stereocenters. The third-order valence-corrected chi connectivity index (χ3v) is 4.47. The van der Waals surface area contributed by atoms with Crippen molar-refractivity contribution in [2.45, 2.75) is 6.54 Å². The molecule has 0 atom stereocenters. The molecule has 0 spiro atoms. The summed E-state index contributed by atoms with van der Waals surface area (Å²) in [4.78, 5) is 42.3. The Bertz CT molecular complexity index is 964. The van der Waals surface area contributed by atoms with E-state index in [4.69, 9.17) is 4.42 Å². The molecular formula is C17H11N3O4S. The smallest absolute Gasteiger partial charge is 0.261 e. The number of carbonyl (C=O) groups is 3. The van der Waals surface area contributed by atoms with Crippen molar-refractivity contribution < 1.29 is 18.8 Å². The number of nitrogens with one attached hydrogen (secondary N) is 1. The second kappa shape index (κ2) is 5.99. The van der Waals surface area contributed by atoms with Gasteiger partial charge in [0.25, 0.3) is 17.7 Å². The zero-order chi connectivity index (χ0) is 17.4. The topological polar surface area (TPSA) is 92.5 Å². The molecule has 3 heterocycles. The van der Waals surface area contributed by atoms with Crippen molar-refractivity contribution in [3.05, 3.63) is 70.6 Å². The third kappa shape index (κ3) is 2.72. The van der Waals surface area contributed by atoms with E-state index in [0.717, 1.165) is 4.90 Å². The first-order valence-corrected chi connectivity index (χ1v) is 8.25. The van der Waals surface area contributed by atoms with Gasteiger partial charge in [-0.25, -0.2) is 4.98 Å². The van der Waals surface area contributed by atoms with E-state index in [9.17, 15) is 14.4 Å². The second-order valence-corrected chi connectivity index (χ2v) is 6.22. The molecule has 1 aromatic carbocycles. The minimum Gasteiger partial charge on any atom is -0.467 e. The Morgan fingerprint density at radius 3 is 2.76 bits per heavy atom. The fourth-order valence-corrected chi connectivity index (χ4v) is 3.11. The van der Waals surface area contributed by atoms with Crippen molar-refractivity contribution in [1.29, 1.82) is 0 Å². The number of hydrogen-bond acceptors (Lipinski definition) is 6. The summed E-state index contributed by atoms with van der Waals surface area (Å²) in [5, 5.41) is 4.85. The van der Waals surface area contributed by atoms with E-state index in [2.05, 4.69) is 10.3 Å². The lowest BCUT2D eigenvalue weighted by Crippen LogP contribution is -2.28. The fourth-order valence-electron chi connectivity index (χ4n) is 2.59. The van der Waals surface area contributed by atoms with Crippen LogP contribution in [-0.2, 0) is 6.54 Å². The maximum absolute atomic E-state index is 12.5. The van der Waals surface area contributed by atoms with Crippen LogP contribution in [0.1, 0.15) is 36.8 Å². The normalized spacial score (nSPS) is 13.2. The Balaban J connectivity index is 1.59. The summed E-state index contributed by atoms with van der Waals surface area (Å²) in [7, 11) is 0. The van der Waals surface area contributed by atoms with Crippen LogP contribution >= 0.6 is 11.3 Å². The lowest BCUT2D eigenvalue weighted by molar-refractivity contribution is 0.0631. The summed E-state index contributed by atoms with van der Waals surface area (Å²) >= 11 is 1.29. The van der Waals surface area contributed by atoms with Gasteiger partial charge in [0, 0.05) is 17.1 Å². The van der Waals surface area contributed by atoms with Gasteiger partial charge in [0.2, 0.25) is 0 Å². The van der Waals surface area contributed by atoms with E-state index < -0.39 is 11.8 Å². The van der Waals surface area contributed by atoms with Crippen molar-refractivity contribution in [2.75, 3.05) is 5.32 Å². The minimum atomic E-state index is -0.444. The van der Waals surface area contributed by atoms with E-state index >= 15 is 0 Å². The number of nitrogens with zero attached hydrogens (tertiary/aromatic N) is 2. The first kappa shape index (κ1) is 15.3. The zero-order valence-corrected chi connectivity index (χ0v) is 13.6. The predicted octanol–water partition coefficient (Wildman–Crippen LogP) is 2.78. The number of thiazole rings is 1. The van der Waals surface area contributed by atoms with Crippen LogP contribution in [0.3, 0.4) is 0 Å². The van der Waals surface area contributed by atoms with E-state index in [1.807, 2.05) is 0 Å². The predicted molar refractivity (Wildman–Crippen MR) is 89.4 cm³/mol. The second-order valence-electron chi connectivity index (χ2n) is 5.33. The average Bonchev–Trinajstić information content (AvgIpc) is 3.35. The van der Waals surface area contributed by atoms with Gasteiger partial charge in [-0.2, -0.15) is 0 Å². The monoisotopic (exact) mass is 353 g/mol. The standard InChI is InChI=1S/C17H11N3O4S/c21-14(19-17-18-5-7-25-17)10-3-4-12-13(8-10)16(23)20(15(12)22)9-11-2-1-6-24-11/h1-8H,9H2,(H,18,19,21). The minimum absolute atomic E-state index is 0.0555. The largest absolute Gasteiger partial charge is 0.467 e. The number of carbonyl (C=O) groups excluding carboxylic acids is 3. The number of aromatic nitrogens is 1. The number of furan rings is 1. The van der Waals surface area contributed by atoms with Crippen LogP contribution in [0.5, 0.6) is 0 Å². The third-order valence-electron chi connectivity index (χ3n) is 3.78. The highest BCUT2D eigenvalue weighted by Gasteiger charge is 2.36. The van der Waals surface area contributed by atoms with Crippen molar-refractivity contribution in [2.24, 2.45) is 0 Å². The molecule has 8 heteroatoms. The number of amides is 3. The molecule has 25 heavy (non-hydrogen) atoms. The fraction of sp³-hybridized carbons (Fsp3) is 0.0588. The van der Waals surface area contributed by atoms with Crippen molar-refractivity contribution in [3.8, 4) is 0 Å². The highest BCUT2D eigenvalue weighted by molar-refractivity contribution is 7.13. The van der Waals surface area contributed by atoms with Crippen molar-refractivity contribution in [1.82, 2.24) is 9.88 Å². The SMILES string of the molecule is O=C(Nc1nccs1)c1ccc2c(c1)C(=O)N(Cc1ccco1)C2=O. The number of imide groups is 1. The Hall–Kier alpha value is -3.26. The molecule has 3 amide bonds. The van der Waals surface area contributed by atoms with E-state index in [1.54, 1.807) is 23.7 Å². The summed E-state index contributed by atoms with van der Waals surface area (Å²) in [6, 6.07) is 7.82. The Labute approximate surface area is 145 Å².